The smallest absolute Gasteiger partial charge is 0.409 e. The summed E-state index contributed by atoms with van der Waals surface area (Å²) in [6.07, 6.45) is 3.71. The normalized spacial score (nSPS) is 21.6. The molecule has 0 radical (unpaired) electrons. The number of allylic oxidation sites excluding steroid dienone is 2. The number of carbonyl (C=O) groups is 5. The van der Waals surface area contributed by atoms with Crippen molar-refractivity contribution in [3.63, 3.8) is 0 Å². The van der Waals surface area contributed by atoms with Crippen LogP contribution in [0.2, 0.25) is 0 Å². The lowest BCUT2D eigenvalue weighted by Crippen LogP contribution is -2.57. The highest BCUT2D eigenvalue weighted by molar-refractivity contribution is 6.06. The molecule has 4 aliphatic rings. The van der Waals surface area contributed by atoms with Gasteiger partial charge in [0.15, 0.2) is 0 Å². The van der Waals surface area contributed by atoms with Crippen LogP contribution in [0, 0.1) is 23.7 Å². The minimum absolute atomic E-state index is 0.00604. The molecule has 3 fully saturated rings. The molecule has 4 unspecified atom stereocenters. The van der Waals surface area contributed by atoms with Crippen LogP contribution in [0.1, 0.15) is 36.0 Å². The standard InChI is InChI=1S/C43H47N3O10/c47-36(18-19-37(48)56-46-40(49)38-31-16-17-32(30-31)39(38)41(46)50)54-28-26-52-24-25-53-27-29-55-42(51)44-20-22-45(23-21-44)43(33-10-4-1-5-11-33,34-12-6-2-7-13-34)35-14-8-3-9-15-35/h1-17,31-32,38-39H,18-30H2. The molecule has 7 rings (SSSR count). The number of amides is 3. The van der Waals surface area contributed by atoms with Gasteiger partial charge in [-0.2, -0.15) is 0 Å². The molecule has 4 atom stereocenters. The third-order valence-electron chi connectivity index (χ3n) is 11.1. The molecule has 3 aromatic rings. The first kappa shape index (κ1) is 38.9. The van der Waals surface area contributed by atoms with Crippen molar-refractivity contribution in [2.24, 2.45) is 23.7 Å². The number of ether oxygens (including phenoxy) is 4. The Bertz CT molecular complexity index is 1740. The van der Waals surface area contributed by atoms with Crippen LogP contribution >= 0.6 is 0 Å². The van der Waals surface area contributed by atoms with Crippen molar-refractivity contribution < 1.29 is 47.8 Å². The number of piperazine rings is 1. The molecule has 2 bridgehead atoms. The number of hydrogen-bond donors (Lipinski definition) is 0. The van der Waals surface area contributed by atoms with Crippen LogP contribution in [-0.4, -0.2) is 111 Å². The van der Waals surface area contributed by atoms with Gasteiger partial charge in [-0.1, -0.05) is 103 Å². The summed E-state index contributed by atoms with van der Waals surface area (Å²) in [7, 11) is 0. The highest BCUT2D eigenvalue weighted by Crippen LogP contribution is 2.52. The summed E-state index contributed by atoms with van der Waals surface area (Å²) in [5.41, 5.74) is 2.95. The molecule has 2 aliphatic carbocycles. The average molecular weight is 766 g/mol. The maximum absolute atomic E-state index is 13.0. The number of hydrogen-bond acceptors (Lipinski definition) is 11. The van der Waals surface area contributed by atoms with E-state index >= 15 is 0 Å². The van der Waals surface area contributed by atoms with Gasteiger partial charge in [0.1, 0.15) is 13.2 Å². The second-order valence-corrected chi connectivity index (χ2v) is 14.3. The van der Waals surface area contributed by atoms with E-state index in [1.165, 1.54) is 0 Å². The molecular weight excluding hydrogens is 718 g/mol. The first-order chi connectivity index (χ1) is 27.4. The zero-order valence-electron chi connectivity index (χ0n) is 31.2. The quantitative estimate of drug-likeness (QED) is 0.0637. The molecule has 0 aromatic heterocycles. The molecule has 56 heavy (non-hydrogen) atoms. The maximum atomic E-state index is 13.0. The first-order valence-electron chi connectivity index (χ1n) is 19.3. The number of rotatable bonds is 17. The van der Waals surface area contributed by atoms with Gasteiger partial charge in [-0.05, 0) is 34.9 Å². The fourth-order valence-electron chi connectivity index (χ4n) is 8.51. The predicted octanol–water partition coefficient (Wildman–Crippen LogP) is 4.35. The molecular formula is C43H47N3O10. The molecule has 3 amide bonds. The van der Waals surface area contributed by atoms with Gasteiger partial charge in [0, 0.05) is 26.2 Å². The fourth-order valence-corrected chi connectivity index (χ4v) is 8.51. The topological polar surface area (TPSA) is 141 Å². The molecule has 0 N–H and O–H groups in total. The van der Waals surface area contributed by atoms with E-state index in [1.54, 1.807) is 4.90 Å². The summed E-state index contributed by atoms with van der Waals surface area (Å²) in [5, 5.41) is 0.575. The van der Waals surface area contributed by atoms with E-state index < -0.39 is 41.1 Å². The van der Waals surface area contributed by atoms with Crippen LogP contribution in [0.25, 0.3) is 0 Å². The number of nitrogens with zero attached hydrogens (tertiary/aromatic N) is 3. The highest BCUT2D eigenvalue weighted by Gasteiger charge is 2.61. The molecule has 1 saturated carbocycles. The molecule has 2 heterocycles. The predicted molar refractivity (Wildman–Crippen MR) is 201 cm³/mol. The lowest BCUT2D eigenvalue weighted by atomic mass is 9.75. The van der Waals surface area contributed by atoms with Crippen molar-refractivity contribution in [1.29, 1.82) is 0 Å². The lowest BCUT2D eigenvalue weighted by molar-refractivity contribution is -0.199. The van der Waals surface area contributed by atoms with Crippen molar-refractivity contribution in [3.05, 3.63) is 120 Å². The Labute approximate surface area is 326 Å². The molecule has 294 valence electrons. The van der Waals surface area contributed by atoms with Crippen molar-refractivity contribution in [2.45, 2.75) is 24.8 Å². The zero-order chi connectivity index (χ0) is 38.9. The van der Waals surface area contributed by atoms with Gasteiger partial charge in [-0.3, -0.25) is 19.3 Å². The van der Waals surface area contributed by atoms with Crippen molar-refractivity contribution in [2.75, 3.05) is 65.8 Å². The number of imide groups is 1. The van der Waals surface area contributed by atoms with Crippen LogP contribution < -0.4 is 0 Å². The van der Waals surface area contributed by atoms with E-state index in [4.69, 9.17) is 23.8 Å². The van der Waals surface area contributed by atoms with Crippen molar-refractivity contribution in [1.82, 2.24) is 14.9 Å². The van der Waals surface area contributed by atoms with E-state index in [0.29, 0.717) is 31.2 Å². The van der Waals surface area contributed by atoms with Gasteiger partial charge in [-0.15, -0.1) is 5.06 Å². The second kappa shape index (κ2) is 18.1. The largest absolute Gasteiger partial charge is 0.463 e. The molecule has 13 nitrogen and oxygen atoms in total. The third kappa shape index (κ3) is 8.25. The monoisotopic (exact) mass is 765 g/mol. The summed E-state index contributed by atoms with van der Waals surface area (Å²) in [4.78, 5) is 71.8. The van der Waals surface area contributed by atoms with E-state index in [-0.39, 0.29) is 70.4 Å². The van der Waals surface area contributed by atoms with E-state index in [2.05, 4.69) is 77.7 Å². The summed E-state index contributed by atoms with van der Waals surface area (Å²) >= 11 is 0. The lowest BCUT2D eigenvalue weighted by Gasteiger charge is -2.48. The van der Waals surface area contributed by atoms with Crippen LogP contribution in [0.5, 0.6) is 0 Å². The Morgan fingerprint density at radius 1 is 0.571 bits per heavy atom. The second-order valence-electron chi connectivity index (χ2n) is 14.3. The minimum atomic E-state index is -0.849. The van der Waals surface area contributed by atoms with Gasteiger partial charge >= 0.3 is 18.0 Å². The summed E-state index contributed by atoms with van der Waals surface area (Å²) in [6, 6.07) is 31.5. The fraction of sp³-hybridized carbons (Fsp3) is 0.419. The third-order valence-corrected chi connectivity index (χ3v) is 11.1. The van der Waals surface area contributed by atoms with E-state index in [1.807, 2.05) is 30.4 Å². The number of hydroxylamine groups is 2. The van der Waals surface area contributed by atoms with E-state index in [0.717, 1.165) is 23.1 Å². The Morgan fingerprint density at radius 3 is 1.52 bits per heavy atom. The zero-order valence-corrected chi connectivity index (χ0v) is 31.2. The van der Waals surface area contributed by atoms with Crippen LogP contribution in [0.15, 0.2) is 103 Å². The number of fused-ring (bicyclic) bond motifs is 5. The average Bonchev–Trinajstić information content (AvgIpc) is 3.93. The molecule has 2 aliphatic heterocycles. The van der Waals surface area contributed by atoms with Crippen LogP contribution in [0.3, 0.4) is 0 Å². The molecule has 3 aromatic carbocycles. The van der Waals surface area contributed by atoms with Crippen LogP contribution in [-0.2, 0) is 48.5 Å². The number of benzene rings is 3. The Morgan fingerprint density at radius 2 is 1.02 bits per heavy atom. The van der Waals surface area contributed by atoms with Gasteiger partial charge in [0.25, 0.3) is 11.8 Å². The SMILES string of the molecule is O=C(CCC(=O)ON1C(=O)C2C3C=CC(C3)C2C1=O)OCCOCCOCCOC(=O)N1CCN(C(c2ccccc2)(c2ccccc2)c2ccccc2)CC1. The Hall–Kier alpha value is -5.37. The Kier molecular flexibility index (Phi) is 12.5. The van der Waals surface area contributed by atoms with Gasteiger partial charge in [0.05, 0.1) is 56.6 Å². The number of esters is 1. The summed E-state index contributed by atoms with van der Waals surface area (Å²) in [6.45, 7) is 3.20. The summed E-state index contributed by atoms with van der Waals surface area (Å²) in [5.74, 6) is -3.39. The van der Waals surface area contributed by atoms with Gasteiger partial charge in [-0.25, -0.2) is 9.59 Å². The first-order valence-corrected chi connectivity index (χ1v) is 19.3. The van der Waals surface area contributed by atoms with E-state index in [9.17, 15) is 24.0 Å². The van der Waals surface area contributed by atoms with Crippen molar-refractivity contribution in [3.8, 4) is 0 Å². The number of carbonyl (C=O) groups excluding carboxylic acids is 5. The maximum Gasteiger partial charge on any atom is 0.409 e. The Balaban J connectivity index is 0.753. The molecule has 0 spiro atoms. The van der Waals surface area contributed by atoms with Gasteiger partial charge in [0.2, 0.25) is 0 Å². The molecule has 2 saturated heterocycles. The van der Waals surface area contributed by atoms with Gasteiger partial charge < -0.3 is 28.7 Å². The summed E-state index contributed by atoms with van der Waals surface area (Å²) < 4.78 is 21.6. The highest BCUT2D eigenvalue weighted by atomic mass is 16.7. The minimum Gasteiger partial charge on any atom is -0.463 e. The molecule has 13 heteroatoms. The van der Waals surface area contributed by atoms with Crippen molar-refractivity contribution >= 4 is 29.8 Å². The van der Waals surface area contributed by atoms with Crippen LogP contribution in [0.4, 0.5) is 4.79 Å².